The summed E-state index contributed by atoms with van der Waals surface area (Å²) in [5, 5.41) is 3.82. The molecule has 29 heavy (non-hydrogen) atoms. The summed E-state index contributed by atoms with van der Waals surface area (Å²) in [6, 6.07) is 25.7. The molecule has 0 radical (unpaired) electrons. The Morgan fingerprint density at radius 3 is 2.45 bits per heavy atom. The minimum Gasteiger partial charge on any atom is -0.457 e. The second-order valence-corrected chi connectivity index (χ2v) is 8.13. The Morgan fingerprint density at radius 2 is 1.69 bits per heavy atom. The molecular weight excluding hydrogens is 356 g/mol. The molecule has 3 atom stereocenters. The summed E-state index contributed by atoms with van der Waals surface area (Å²) in [7, 11) is 4.16. The van der Waals surface area contributed by atoms with Crippen molar-refractivity contribution in [2.75, 3.05) is 24.3 Å². The summed E-state index contributed by atoms with van der Waals surface area (Å²) < 4.78 is 6.08. The van der Waals surface area contributed by atoms with E-state index in [4.69, 9.17) is 4.74 Å². The molecule has 1 heterocycles. The lowest BCUT2D eigenvalue weighted by Crippen LogP contribution is -2.29. The Morgan fingerprint density at radius 1 is 0.897 bits per heavy atom. The summed E-state index contributed by atoms with van der Waals surface area (Å²) in [6.07, 6.45) is 5.80. The van der Waals surface area contributed by atoms with Crippen molar-refractivity contribution in [3.8, 4) is 11.5 Å². The van der Waals surface area contributed by atoms with Gasteiger partial charge in [-0.3, -0.25) is 0 Å². The van der Waals surface area contributed by atoms with E-state index in [0.717, 1.165) is 17.9 Å². The molecule has 3 unspecified atom stereocenters. The van der Waals surface area contributed by atoms with Crippen molar-refractivity contribution in [2.24, 2.45) is 5.92 Å². The topological polar surface area (TPSA) is 24.5 Å². The number of anilines is 2. The Kier molecular flexibility index (Phi) is 4.51. The molecule has 0 amide bonds. The van der Waals surface area contributed by atoms with Crippen LogP contribution >= 0.6 is 0 Å². The average Bonchev–Trinajstić information content (AvgIpc) is 3.24. The summed E-state index contributed by atoms with van der Waals surface area (Å²) >= 11 is 0. The second-order valence-electron chi connectivity index (χ2n) is 8.13. The van der Waals surface area contributed by atoms with Gasteiger partial charge in [-0.15, -0.1) is 0 Å². The van der Waals surface area contributed by atoms with Gasteiger partial charge in [-0.1, -0.05) is 42.5 Å². The normalized spacial score (nSPS) is 21.8. The lowest BCUT2D eigenvalue weighted by atomic mass is 9.77. The van der Waals surface area contributed by atoms with E-state index in [9.17, 15) is 0 Å². The minimum atomic E-state index is 0.319. The van der Waals surface area contributed by atoms with Gasteiger partial charge in [-0.05, 0) is 65.9 Å². The van der Waals surface area contributed by atoms with Gasteiger partial charge < -0.3 is 15.0 Å². The third kappa shape index (κ3) is 3.38. The number of hydrogen-bond donors (Lipinski definition) is 1. The van der Waals surface area contributed by atoms with Gasteiger partial charge >= 0.3 is 0 Å². The van der Waals surface area contributed by atoms with Crippen LogP contribution in [0.25, 0.3) is 0 Å². The molecule has 5 rings (SSSR count). The monoisotopic (exact) mass is 382 g/mol. The number of hydrogen-bond acceptors (Lipinski definition) is 3. The number of para-hydroxylation sites is 1. The van der Waals surface area contributed by atoms with Crippen LogP contribution in [-0.2, 0) is 0 Å². The van der Waals surface area contributed by atoms with E-state index < -0.39 is 0 Å². The SMILES string of the molecule is CN(C)c1ccc(C2Nc3ccc(Oc4ccccc4)cc3C3C=CCC32)cc1. The van der Waals surface area contributed by atoms with E-state index in [-0.39, 0.29) is 0 Å². The highest BCUT2D eigenvalue weighted by Crippen LogP contribution is 2.50. The zero-order chi connectivity index (χ0) is 19.8. The highest BCUT2D eigenvalue weighted by atomic mass is 16.5. The molecule has 0 spiro atoms. The van der Waals surface area contributed by atoms with Crippen LogP contribution in [0, 0.1) is 5.92 Å². The van der Waals surface area contributed by atoms with Crippen molar-refractivity contribution in [3.63, 3.8) is 0 Å². The number of allylic oxidation sites excluding steroid dienone is 2. The van der Waals surface area contributed by atoms with Gasteiger partial charge in [0.05, 0.1) is 6.04 Å². The molecule has 1 N–H and O–H groups in total. The summed E-state index contributed by atoms with van der Waals surface area (Å²) in [5.74, 6) is 2.71. The van der Waals surface area contributed by atoms with Crippen molar-refractivity contribution in [3.05, 3.63) is 96.1 Å². The number of ether oxygens (including phenoxy) is 1. The molecule has 0 aromatic heterocycles. The van der Waals surface area contributed by atoms with E-state index in [1.807, 2.05) is 30.3 Å². The predicted octanol–water partition coefficient (Wildman–Crippen LogP) is 6.37. The largest absolute Gasteiger partial charge is 0.457 e. The first-order valence-corrected chi connectivity index (χ1v) is 10.3. The maximum Gasteiger partial charge on any atom is 0.127 e. The molecule has 3 aromatic carbocycles. The van der Waals surface area contributed by atoms with Crippen molar-refractivity contribution in [2.45, 2.75) is 18.4 Å². The zero-order valence-electron chi connectivity index (χ0n) is 16.9. The Bertz CT molecular complexity index is 1020. The third-order valence-corrected chi connectivity index (χ3v) is 6.08. The first-order chi connectivity index (χ1) is 14.2. The summed E-state index contributed by atoms with van der Waals surface area (Å²) in [4.78, 5) is 2.14. The smallest absolute Gasteiger partial charge is 0.127 e. The van der Waals surface area contributed by atoms with Gasteiger partial charge in [0.1, 0.15) is 11.5 Å². The number of benzene rings is 3. The van der Waals surface area contributed by atoms with Crippen LogP contribution in [0.1, 0.15) is 29.5 Å². The van der Waals surface area contributed by atoms with Crippen molar-refractivity contribution in [1.82, 2.24) is 0 Å². The Labute approximate surface area is 172 Å². The van der Waals surface area contributed by atoms with Gasteiger partial charge in [-0.2, -0.15) is 0 Å². The molecule has 1 aliphatic heterocycles. The van der Waals surface area contributed by atoms with Gasteiger partial charge in [-0.25, -0.2) is 0 Å². The first kappa shape index (κ1) is 17.9. The number of nitrogens with one attached hydrogen (secondary N) is 1. The first-order valence-electron chi connectivity index (χ1n) is 10.3. The van der Waals surface area contributed by atoms with Crippen LogP contribution in [0.4, 0.5) is 11.4 Å². The van der Waals surface area contributed by atoms with Crippen LogP contribution in [0.5, 0.6) is 11.5 Å². The second kappa shape index (κ2) is 7.32. The highest BCUT2D eigenvalue weighted by Gasteiger charge is 2.38. The van der Waals surface area contributed by atoms with E-state index in [2.05, 4.69) is 78.9 Å². The van der Waals surface area contributed by atoms with Crippen molar-refractivity contribution >= 4 is 11.4 Å². The van der Waals surface area contributed by atoms with Gasteiger partial charge in [0.2, 0.25) is 0 Å². The average molecular weight is 383 g/mol. The van der Waals surface area contributed by atoms with Crippen LogP contribution in [0.3, 0.4) is 0 Å². The van der Waals surface area contributed by atoms with E-state index in [1.165, 1.54) is 22.5 Å². The molecule has 146 valence electrons. The standard InChI is InChI=1S/C26H26N2O/c1-28(2)19-13-11-18(12-14-19)26-23-10-6-9-22(23)24-17-21(15-16-25(24)27-26)29-20-7-4-3-5-8-20/h3-9,11-17,22-23,26-27H,10H2,1-2H3. The molecule has 0 fully saturated rings. The molecule has 3 heteroatoms. The third-order valence-electron chi connectivity index (χ3n) is 6.08. The Hall–Kier alpha value is -3.20. The lowest BCUT2D eigenvalue weighted by molar-refractivity contribution is 0.422. The van der Waals surface area contributed by atoms with Crippen LogP contribution in [-0.4, -0.2) is 14.1 Å². The van der Waals surface area contributed by atoms with Gasteiger partial charge in [0.15, 0.2) is 0 Å². The van der Waals surface area contributed by atoms with E-state index in [1.54, 1.807) is 0 Å². The predicted molar refractivity (Wildman–Crippen MR) is 120 cm³/mol. The number of nitrogens with zero attached hydrogens (tertiary/aromatic N) is 1. The summed E-state index contributed by atoms with van der Waals surface area (Å²) in [6.45, 7) is 0. The molecule has 2 aliphatic rings. The van der Waals surface area contributed by atoms with Gasteiger partial charge in [0, 0.05) is 31.4 Å². The fraction of sp³-hybridized carbons (Fsp3) is 0.231. The molecule has 0 saturated heterocycles. The minimum absolute atomic E-state index is 0.319. The molecule has 0 bridgehead atoms. The Balaban J connectivity index is 1.45. The number of fused-ring (bicyclic) bond motifs is 3. The lowest BCUT2D eigenvalue weighted by Gasteiger charge is -2.37. The number of rotatable bonds is 4. The molecule has 1 aliphatic carbocycles. The van der Waals surface area contributed by atoms with Crippen LogP contribution < -0.4 is 15.0 Å². The van der Waals surface area contributed by atoms with Gasteiger partial charge in [0.25, 0.3) is 0 Å². The molecule has 3 aromatic rings. The highest BCUT2D eigenvalue weighted by molar-refractivity contribution is 5.62. The van der Waals surface area contributed by atoms with Crippen molar-refractivity contribution < 1.29 is 4.74 Å². The fourth-order valence-electron chi connectivity index (χ4n) is 4.57. The van der Waals surface area contributed by atoms with Crippen molar-refractivity contribution in [1.29, 1.82) is 0 Å². The fourth-order valence-corrected chi connectivity index (χ4v) is 4.57. The van der Waals surface area contributed by atoms with Crippen LogP contribution in [0.2, 0.25) is 0 Å². The van der Waals surface area contributed by atoms with E-state index >= 15 is 0 Å². The maximum atomic E-state index is 6.08. The molecular formula is C26H26N2O. The molecule has 3 nitrogen and oxygen atoms in total. The quantitative estimate of drug-likeness (QED) is 0.531. The maximum absolute atomic E-state index is 6.08. The zero-order valence-corrected chi connectivity index (χ0v) is 16.9. The summed E-state index contributed by atoms with van der Waals surface area (Å²) in [5.41, 5.74) is 5.12. The van der Waals surface area contributed by atoms with E-state index in [0.29, 0.717) is 17.9 Å². The molecule has 0 saturated carbocycles. The van der Waals surface area contributed by atoms with Crippen LogP contribution in [0.15, 0.2) is 84.9 Å².